The van der Waals surface area contributed by atoms with E-state index in [2.05, 4.69) is 30.8 Å². The number of nitrogens with zero attached hydrogens (tertiary/aromatic N) is 5. The number of fused-ring (bicyclic) bond motifs is 1. The summed E-state index contributed by atoms with van der Waals surface area (Å²) in [5.74, 6) is 0.854. The number of hydrogen-bond donors (Lipinski definition) is 1. The van der Waals surface area contributed by atoms with Crippen molar-refractivity contribution in [3.8, 4) is 17.5 Å². The molecule has 132 valence electrons. The molecule has 5 rings (SSSR count). The minimum atomic E-state index is 0.219. The molecule has 3 heterocycles. The van der Waals surface area contributed by atoms with Crippen LogP contribution in [0.2, 0.25) is 5.02 Å². The first-order valence-electron chi connectivity index (χ1n) is 8.50. The van der Waals surface area contributed by atoms with Crippen molar-refractivity contribution in [1.29, 1.82) is 5.26 Å². The SMILES string of the molecule is N#Cc1nc(Sc2nnc(-c3c[nH]c4ccccc34)n2C2CC2)ccc1Cl. The lowest BCUT2D eigenvalue weighted by Crippen LogP contribution is -1.99. The first-order valence-corrected chi connectivity index (χ1v) is 9.70. The van der Waals surface area contributed by atoms with Gasteiger partial charge in [-0.25, -0.2) is 4.98 Å². The second-order valence-electron chi connectivity index (χ2n) is 6.35. The Kier molecular flexibility index (Phi) is 3.88. The molecule has 0 spiro atoms. The number of aromatic amines is 1. The maximum absolute atomic E-state index is 9.15. The van der Waals surface area contributed by atoms with Crippen molar-refractivity contribution >= 4 is 34.3 Å². The number of benzene rings is 1. The van der Waals surface area contributed by atoms with E-state index in [4.69, 9.17) is 16.9 Å². The molecule has 1 saturated carbocycles. The van der Waals surface area contributed by atoms with Crippen LogP contribution in [0.5, 0.6) is 0 Å². The van der Waals surface area contributed by atoms with Crippen molar-refractivity contribution < 1.29 is 0 Å². The van der Waals surface area contributed by atoms with Gasteiger partial charge in [0.25, 0.3) is 0 Å². The van der Waals surface area contributed by atoms with Crippen LogP contribution in [0.3, 0.4) is 0 Å². The van der Waals surface area contributed by atoms with Crippen LogP contribution in [0.1, 0.15) is 24.6 Å². The fraction of sp³-hybridized carbons (Fsp3) is 0.158. The van der Waals surface area contributed by atoms with Crippen molar-refractivity contribution in [2.24, 2.45) is 0 Å². The molecular weight excluding hydrogens is 380 g/mol. The monoisotopic (exact) mass is 392 g/mol. The van der Waals surface area contributed by atoms with Crippen molar-refractivity contribution in [3.05, 3.63) is 53.3 Å². The van der Waals surface area contributed by atoms with Crippen molar-refractivity contribution in [3.63, 3.8) is 0 Å². The molecule has 0 radical (unpaired) electrons. The molecule has 1 aliphatic carbocycles. The molecule has 0 unspecified atom stereocenters. The van der Waals surface area contributed by atoms with E-state index in [-0.39, 0.29) is 5.69 Å². The Hall–Kier alpha value is -2.82. The van der Waals surface area contributed by atoms with E-state index in [0.29, 0.717) is 16.1 Å². The zero-order valence-electron chi connectivity index (χ0n) is 14.1. The summed E-state index contributed by atoms with van der Waals surface area (Å²) in [6, 6.07) is 14.1. The largest absolute Gasteiger partial charge is 0.360 e. The third-order valence-electron chi connectivity index (χ3n) is 4.53. The highest BCUT2D eigenvalue weighted by atomic mass is 35.5. The Bertz CT molecular complexity index is 1200. The lowest BCUT2D eigenvalue weighted by molar-refractivity contribution is 0.669. The van der Waals surface area contributed by atoms with E-state index < -0.39 is 0 Å². The van der Waals surface area contributed by atoms with Gasteiger partial charge in [-0.1, -0.05) is 29.8 Å². The number of para-hydroxylation sites is 1. The average molecular weight is 393 g/mol. The number of halogens is 1. The zero-order chi connectivity index (χ0) is 18.4. The molecule has 1 fully saturated rings. The molecule has 0 atom stereocenters. The lowest BCUT2D eigenvalue weighted by atomic mass is 10.1. The summed E-state index contributed by atoms with van der Waals surface area (Å²) in [6.45, 7) is 0. The fourth-order valence-electron chi connectivity index (χ4n) is 3.10. The molecule has 1 aliphatic rings. The van der Waals surface area contributed by atoms with Crippen molar-refractivity contribution in [1.82, 2.24) is 24.7 Å². The maximum Gasteiger partial charge on any atom is 0.198 e. The van der Waals surface area contributed by atoms with E-state index in [1.807, 2.05) is 30.5 Å². The Balaban J connectivity index is 1.58. The summed E-state index contributed by atoms with van der Waals surface area (Å²) in [7, 11) is 0. The van der Waals surface area contributed by atoms with Gasteiger partial charge in [0.15, 0.2) is 16.7 Å². The van der Waals surface area contributed by atoms with Crippen molar-refractivity contribution in [2.75, 3.05) is 0 Å². The molecule has 1 N–H and O–H groups in total. The summed E-state index contributed by atoms with van der Waals surface area (Å²) < 4.78 is 2.18. The normalized spacial score (nSPS) is 13.8. The second kappa shape index (κ2) is 6.41. The van der Waals surface area contributed by atoms with Gasteiger partial charge in [-0.15, -0.1) is 10.2 Å². The number of rotatable bonds is 4. The summed E-state index contributed by atoms with van der Waals surface area (Å²) in [6.07, 6.45) is 4.20. The van der Waals surface area contributed by atoms with Crippen LogP contribution in [0, 0.1) is 11.3 Å². The van der Waals surface area contributed by atoms with Gasteiger partial charge < -0.3 is 4.98 Å². The highest BCUT2D eigenvalue weighted by Gasteiger charge is 2.31. The number of aromatic nitrogens is 5. The second-order valence-corrected chi connectivity index (χ2v) is 7.74. The third kappa shape index (κ3) is 2.87. The summed E-state index contributed by atoms with van der Waals surface area (Å²) in [4.78, 5) is 7.61. The minimum absolute atomic E-state index is 0.219. The van der Waals surface area contributed by atoms with E-state index in [0.717, 1.165) is 40.3 Å². The predicted molar refractivity (Wildman–Crippen MR) is 104 cm³/mol. The number of pyridine rings is 1. The van der Waals surface area contributed by atoms with Gasteiger partial charge >= 0.3 is 0 Å². The van der Waals surface area contributed by atoms with E-state index in [1.165, 1.54) is 11.8 Å². The Morgan fingerprint density at radius 2 is 2.04 bits per heavy atom. The predicted octanol–water partition coefficient (Wildman–Crippen LogP) is 4.83. The van der Waals surface area contributed by atoms with Gasteiger partial charge in [-0.2, -0.15) is 5.26 Å². The maximum atomic E-state index is 9.15. The van der Waals surface area contributed by atoms with E-state index in [1.54, 1.807) is 12.1 Å². The summed E-state index contributed by atoms with van der Waals surface area (Å²) >= 11 is 7.39. The van der Waals surface area contributed by atoms with E-state index in [9.17, 15) is 0 Å². The summed E-state index contributed by atoms with van der Waals surface area (Å²) in [5, 5.41) is 21.0. The molecule has 3 aromatic heterocycles. The highest BCUT2D eigenvalue weighted by molar-refractivity contribution is 7.99. The van der Waals surface area contributed by atoms with Gasteiger partial charge in [-0.3, -0.25) is 4.57 Å². The lowest BCUT2D eigenvalue weighted by Gasteiger charge is -2.08. The van der Waals surface area contributed by atoms with Crippen LogP contribution in [-0.2, 0) is 0 Å². The average Bonchev–Trinajstić information content (AvgIpc) is 3.31. The Labute approximate surface area is 164 Å². The third-order valence-corrected chi connectivity index (χ3v) is 5.73. The van der Waals surface area contributed by atoms with Gasteiger partial charge in [0.1, 0.15) is 11.1 Å². The van der Waals surface area contributed by atoms with Crippen LogP contribution in [0.25, 0.3) is 22.3 Å². The van der Waals surface area contributed by atoms with Crippen LogP contribution >= 0.6 is 23.4 Å². The number of hydrogen-bond acceptors (Lipinski definition) is 5. The van der Waals surface area contributed by atoms with Crippen LogP contribution in [0.4, 0.5) is 0 Å². The highest BCUT2D eigenvalue weighted by Crippen LogP contribution is 2.43. The van der Waals surface area contributed by atoms with Crippen LogP contribution in [0.15, 0.2) is 52.8 Å². The van der Waals surface area contributed by atoms with E-state index >= 15 is 0 Å². The fourth-order valence-corrected chi connectivity index (χ4v) is 4.12. The molecule has 27 heavy (non-hydrogen) atoms. The molecule has 0 bridgehead atoms. The quantitative estimate of drug-likeness (QED) is 0.537. The molecular formula is C19H13ClN6S. The Morgan fingerprint density at radius 1 is 1.19 bits per heavy atom. The standard InChI is InChI=1S/C19H13ClN6S/c20-14-7-8-17(23-16(14)9-21)27-19-25-24-18(26(19)11-5-6-11)13-10-22-15-4-2-1-3-12(13)15/h1-4,7-8,10-11,22H,5-6H2. The van der Waals surface area contributed by atoms with Gasteiger partial charge in [0, 0.05) is 28.7 Å². The zero-order valence-corrected chi connectivity index (χ0v) is 15.6. The molecule has 1 aromatic carbocycles. The molecule has 0 saturated heterocycles. The van der Waals surface area contributed by atoms with Gasteiger partial charge in [0.2, 0.25) is 0 Å². The van der Waals surface area contributed by atoms with Gasteiger partial charge in [-0.05, 0) is 42.8 Å². The number of nitriles is 1. The van der Waals surface area contributed by atoms with Crippen LogP contribution in [-0.4, -0.2) is 24.7 Å². The molecule has 8 heteroatoms. The van der Waals surface area contributed by atoms with Crippen molar-refractivity contribution in [2.45, 2.75) is 29.1 Å². The summed E-state index contributed by atoms with van der Waals surface area (Å²) in [5.41, 5.74) is 2.33. The molecule has 0 aliphatic heterocycles. The molecule has 4 aromatic rings. The minimum Gasteiger partial charge on any atom is -0.360 e. The first-order chi connectivity index (χ1) is 13.2. The van der Waals surface area contributed by atoms with Crippen LogP contribution < -0.4 is 0 Å². The number of H-pyrrole nitrogens is 1. The Morgan fingerprint density at radius 3 is 2.85 bits per heavy atom. The topological polar surface area (TPSA) is 83.2 Å². The van der Waals surface area contributed by atoms with Gasteiger partial charge in [0.05, 0.1) is 5.02 Å². The molecule has 0 amide bonds. The smallest absolute Gasteiger partial charge is 0.198 e. The first kappa shape index (κ1) is 16.4. The number of nitrogens with one attached hydrogen (secondary N) is 1. The molecule has 6 nitrogen and oxygen atoms in total.